The quantitative estimate of drug-likeness (QED) is 0.322. The SMILES string of the molecule is COc1nc(Nc2cccc3c2nc(-c2ccc(OC(F)(F)F)cc2)n3C)ccc1-n1cnc(C)c1. The van der Waals surface area contributed by atoms with Crippen LogP contribution in [0, 0.1) is 6.92 Å². The molecule has 1 N–H and O–H groups in total. The molecule has 11 heteroatoms. The molecule has 8 nitrogen and oxygen atoms in total. The van der Waals surface area contributed by atoms with E-state index >= 15 is 0 Å². The van der Waals surface area contributed by atoms with Gasteiger partial charge >= 0.3 is 6.36 Å². The number of nitrogens with zero attached hydrogens (tertiary/aromatic N) is 5. The predicted molar refractivity (Wildman–Crippen MR) is 129 cm³/mol. The Kier molecular flexibility index (Phi) is 5.75. The zero-order valence-corrected chi connectivity index (χ0v) is 19.5. The second-order valence-electron chi connectivity index (χ2n) is 8.01. The zero-order valence-electron chi connectivity index (χ0n) is 19.5. The summed E-state index contributed by atoms with van der Waals surface area (Å²) >= 11 is 0. The molecular formula is C25H21F3N6O2. The van der Waals surface area contributed by atoms with Gasteiger partial charge in [-0.3, -0.25) is 0 Å². The number of aromatic nitrogens is 5. The van der Waals surface area contributed by atoms with Crippen LogP contribution in [0.25, 0.3) is 28.1 Å². The van der Waals surface area contributed by atoms with E-state index in [1.165, 1.54) is 12.1 Å². The lowest BCUT2D eigenvalue weighted by molar-refractivity contribution is -0.274. The topological polar surface area (TPSA) is 79.0 Å². The lowest BCUT2D eigenvalue weighted by Crippen LogP contribution is -2.16. The second kappa shape index (κ2) is 8.91. The number of fused-ring (bicyclic) bond motifs is 1. The first-order valence-corrected chi connectivity index (χ1v) is 10.9. The van der Waals surface area contributed by atoms with Gasteiger partial charge in [-0.2, -0.15) is 4.98 Å². The molecule has 3 aromatic heterocycles. The molecule has 184 valence electrons. The number of nitrogens with one attached hydrogen (secondary N) is 1. The molecule has 0 fully saturated rings. The van der Waals surface area contributed by atoms with Crippen molar-refractivity contribution in [2.24, 2.45) is 7.05 Å². The number of aryl methyl sites for hydroxylation is 2. The van der Waals surface area contributed by atoms with Gasteiger partial charge in [0.25, 0.3) is 0 Å². The molecule has 0 radical (unpaired) electrons. The van der Waals surface area contributed by atoms with E-state index in [-0.39, 0.29) is 5.75 Å². The maximum atomic E-state index is 12.5. The van der Waals surface area contributed by atoms with Crippen molar-refractivity contribution < 1.29 is 22.6 Å². The van der Waals surface area contributed by atoms with Gasteiger partial charge in [0.15, 0.2) is 0 Å². The lowest BCUT2D eigenvalue weighted by atomic mass is 10.2. The van der Waals surface area contributed by atoms with Crippen LogP contribution in [0.2, 0.25) is 0 Å². The normalized spacial score (nSPS) is 11.6. The molecule has 0 bridgehead atoms. The Morgan fingerprint density at radius 2 is 1.75 bits per heavy atom. The van der Waals surface area contributed by atoms with Crippen LogP contribution in [0.3, 0.4) is 0 Å². The molecule has 0 amide bonds. The molecule has 0 atom stereocenters. The van der Waals surface area contributed by atoms with Gasteiger partial charge in [0, 0.05) is 18.8 Å². The number of benzene rings is 2. The van der Waals surface area contributed by atoms with E-state index in [0.717, 1.165) is 16.9 Å². The highest BCUT2D eigenvalue weighted by Crippen LogP contribution is 2.32. The Balaban J connectivity index is 1.47. The van der Waals surface area contributed by atoms with Gasteiger partial charge in [0.05, 0.1) is 30.3 Å². The summed E-state index contributed by atoms with van der Waals surface area (Å²) in [5.74, 6) is 1.28. The number of anilines is 2. The molecule has 36 heavy (non-hydrogen) atoms. The number of para-hydroxylation sites is 1. The minimum absolute atomic E-state index is 0.290. The third kappa shape index (κ3) is 4.54. The van der Waals surface area contributed by atoms with E-state index in [0.29, 0.717) is 34.3 Å². The highest BCUT2D eigenvalue weighted by molar-refractivity contribution is 5.92. The third-order valence-corrected chi connectivity index (χ3v) is 5.54. The van der Waals surface area contributed by atoms with Crippen LogP contribution in [0.5, 0.6) is 11.6 Å². The molecule has 0 aliphatic rings. The van der Waals surface area contributed by atoms with Crippen LogP contribution in [-0.2, 0) is 7.05 Å². The Hall–Kier alpha value is -4.54. The number of rotatable bonds is 6. The highest BCUT2D eigenvalue weighted by atomic mass is 19.4. The summed E-state index contributed by atoms with van der Waals surface area (Å²) in [4.78, 5) is 13.6. The Labute approximate surface area is 204 Å². The van der Waals surface area contributed by atoms with Crippen molar-refractivity contribution in [3.05, 3.63) is 72.8 Å². The van der Waals surface area contributed by atoms with Gasteiger partial charge in [-0.25, -0.2) is 9.97 Å². The number of hydrogen-bond acceptors (Lipinski definition) is 6. The van der Waals surface area contributed by atoms with Crippen molar-refractivity contribution in [1.29, 1.82) is 0 Å². The monoisotopic (exact) mass is 494 g/mol. The first-order valence-electron chi connectivity index (χ1n) is 10.9. The van der Waals surface area contributed by atoms with Gasteiger partial charge in [-0.05, 0) is 55.5 Å². The molecule has 5 rings (SSSR count). The van der Waals surface area contributed by atoms with Crippen LogP contribution >= 0.6 is 0 Å². The molecule has 0 saturated carbocycles. The van der Waals surface area contributed by atoms with Crippen LogP contribution < -0.4 is 14.8 Å². The van der Waals surface area contributed by atoms with E-state index in [1.54, 1.807) is 25.6 Å². The van der Waals surface area contributed by atoms with Crippen molar-refractivity contribution in [1.82, 2.24) is 24.1 Å². The fraction of sp³-hybridized carbons (Fsp3) is 0.160. The summed E-state index contributed by atoms with van der Waals surface area (Å²) < 4.78 is 50.6. The molecule has 0 spiro atoms. The standard InChI is InChI=1S/C25H21F3N6O2/c1-15-13-34(14-29-15)20-11-12-21(31-24(20)35-3)30-18-5-4-6-19-22(18)32-23(33(19)2)16-7-9-17(10-8-16)36-25(26,27)28/h4-14H,1-3H3,(H,30,31). The fourth-order valence-electron chi connectivity index (χ4n) is 3.92. The zero-order chi connectivity index (χ0) is 25.4. The first-order chi connectivity index (χ1) is 17.2. The number of pyridine rings is 1. The summed E-state index contributed by atoms with van der Waals surface area (Å²) in [6.45, 7) is 1.90. The number of hydrogen-bond donors (Lipinski definition) is 1. The van der Waals surface area contributed by atoms with Gasteiger partial charge in [0.1, 0.15) is 28.6 Å². The molecule has 5 aromatic rings. The molecule has 0 aliphatic carbocycles. The van der Waals surface area contributed by atoms with Crippen molar-refractivity contribution in [2.45, 2.75) is 13.3 Å². The number of imidazole rings is 2. The molecule has 2 aromatic carbocycles. The Morgan fingerprint density at radius 1 is 0.972 bits per heavy atom. The predicted octanol–water partition coefficient (Wildman–Crippen LogP) is 5.78. The summed E-state index contributed by atoms with van der Waals surface area (Å²) in [5, 5.41) is 3.30. The third-order valence-electron chi connectivity index (χ3n) is 5.54. The average Bonchev–Trinajstić information content (AvgIpc) is 3.42. The molecule has 0 unspecified atom stereocenters. The summed E-state index contributed by atoms with van der Waals surface area (Å²) in [6.07, 6.45) is -1.17. The van der Waals surface area contributed by atoms with Crippen LogP contribution in [0.15, 0.2) is 67.1 Å². The Morgan fingerprint density at radius 3 is 2.42 bits per heavy atom. The summed E-state index contributed by atoms with van der Waals surface area (Å²) in [5.41, 5.74) is 4.50. The van der Waals surface area contributed by atoms with Crippen molar-refractivity contribution >= 4 is 22.5 Å². The van der Waals surface area contributed by atoms with E-state index in [1.807, 2.05) is 59.6 Å². The van der Waals surface area contributed by atoms with Crippen molar-refractivity contribution in [3.63, 3.8) is 0 Å². The van der Waals surface area contributed by atoms with E-state index < -0.39 is 6.36 Å². The first kappa shape index (κ1) is 23.2. The smallest absolute Gasteiger partial charge is 0.479 e. The van der Waals surface area contributed by atoms with Crippen molar-refractivity contribution in [3.8, 4) is 28.7 Å². The minimum Gasteiger partial charge on any atom is -0.479 e. The highest BCUT2D eigenvalue weighted by Gasteiger charge is 2.31. The van der Waals surface area contributed by atoms with Crippen LogP contribution in [0.4, 0.5) is 24.7 Å². The number of ether oxygens (including phenoxy) is 2. The van der Waals surface area contributed by atoms with Gasteiger partial charge in [0.2, 0.25) is 5.88 Å². The summed E-state index contributed by atoms with van der Waals surface area (Å²) in [7, 11) is 3.40. The van der Waals surface area contributed by atoms with Gasteiger partial charge in [-0.15, -0.1) is 13.2 Å². The second-order valence-corrected chi connectivity index (χ2v) is 8.01. The number of alkyl halides is 3. The number of halogens is 3. The summed E-state index contributed by atoms with van der Waals surface area (Å²) in [6, 6.07) is 15.0. The molecule has 3 heterocycles. The average molecular weight is 494 g/mol. The fourth-order valence-corrected chi connectivity index (χ4v) is 3.92. The maximum Gasteiger partial charge on any atom is 0.573 e. The maximum absolute atomic E-state index is 12.5. The largest absolute Gasteiger partial charge is 0.573 e. The number of methoxy groups -OCH3 is 1. The van der Waals surface area contributed by atoms with E-state index in [9.17, 15) is 13.2 Å². The molecule has 0 aliphatic heterocycles. The van der Waals surface area contributed by atoms with Gasteiger partial charge < -0.3 is 23.9 Å². The molecular weight excluding hydrogens is 473 g/mol. The van der Waals surface area contributed by atoms with E-state index in [2.05, 4.69) is 20.0 Å². The van der Waals surface area contributed by atoms with E-state index in [4.69, 9.17) is 9.72 Å². The van der Waals surface area contributed by atoms with Crippen molar-refractivity contribution in [2.75, 3.05) is 12.4 Å². The lowest BCUT2D eigenvalue weighted by Gasteiger charge is -2.11. The van der Waals surface area contributed by atoms with Crippen LogP contribution in [0.1, 0.15) is 5.69 Å². The molecule has 0 saturated heterocycles. The Bertz CT molecular complexity index is 1540. The van der Waals surface area contributed by atoms with Crippen LogP contribution in [-0.4, -0.2) is 37.6 Å². The van der Waals surface area contributed by atoms with Gasteiger partial charge in [-0.1, -0.05) is 6.07 Å². The minimum atomic E-state index is -4.74.